The summed E-state index contributed by atoms with van der Waals surface area (Å²) in [5.41, 5.74) is -0.494. The molecule has 10 heteroatoms. The van der Waals surface area contributed by atoms with Crippen molar-refractivity contribution in [3.63, 3.8) is 0 Å². The van der Waals surface area contributed by atoms with Gasteiger partial charge < -0.3 is 5.32 Å². The quantitative estimate of drug-likeness (QED) is 0.454. The highest BCUT2D eigenvalue weighted by Crippen LogP contribution is 2.34. The van der Waals surface area contributed by atoms with Crippen molar-refractivity contribution in [2.24, 2.45) is 0 Å². The zero-order valence-corrected chi connectivity index (χ0v) is 17.5. The molecule has 1 aromatic carbocycles. The van der Waals surface area contributed by atoms with E-state index in [9.17, 15) is 22.8 Å². The maximum Gasteiger partial charge on any atom is 0.418 e. The number of nitrogens with zero attached hydrogens (tertiary/aromatic N) is 2. The number of nitrogens with one attached hydrogen (secondary N) is 1. The standard InChI is InChI=1S/C19H18F3N3O2S2/c1-4-25-17(27)15-10(2)11(3)29-16(15)24-18(25)28-9-14(26)23-13-8-6-5-7-12(13)19(20,21)22/h5-8H,4,9H2,1-3H3,(H,23,26). The van der Waals surface area contributed by atoms with Crippen molar-refractivity contribution >= 4 is 44.9 Å². The van der Waals surface area contributed by atoms with Gasteiger partial charge in [0.2, 0.25) is 5.91 Å². The lowest BCUT2D eigenvalue weighted by atomic mass is 10.1. The summed E-state index contributed by atoms with van der Waals surface area (Å²) in [4.78, 5) is 31.2. The number of carbonyl (C=O) groups excluding carboxylic acids is 1. The van der Waals surface area contributed by atoms with Gasteiger partial charge in [-0.2, -0.15) is 13.2 Å². The van der Waals surface area contributed by atoms with Crippen molar-refractivity contribution in [1.82, 2.24) is 9.55 Å². The van der Waals surface area contributed by atoms with Crippen molar-refractivity contribution in [3.05, 3.63) is 50.6 Å². The molecule has 29 heavy (non-hydrogen) atoms. The number of fused-ring (bicyclic) bond motifs is 1. The maximum atomic E-state index is 13.1. The second kappa shape index (κ2) is 8.19. The van der Waals surface area contributed by atoms with Crippen LogP contribution in [-0.4, -0.2) is 21.2 Å². The average Bonchev–Trinajstić information content (AvgIpc) is 2.93. The van der Waals surface area contributed by atoms with Crippen LogP contribution in [0.1, 0.15) is 22.9 Å². The molecule has 0 spiro atoms. The highest BCUT2D eigenvalue weighted by atomic mass is 32.2. The van der Waals surface area contributed by atoms with Gasteiger partial charge in [0, 0.05) is 11.4 Å². The topological polar surface area (TPSA) is 64.0 Å². The summed E-state index contributed by atoms with van der Waals surface area (Å²) in [5.74, 6) is -0.782. The fourth-order valence-electron chi connectivity index (χ4n) is 2.85. The van der Waals surface area contributed by atoms with Crippen LogP contribution in [0.25, 0.3) is 10.2 Å². The number of hydrogen-bond donors (Lipinski definition) is 1. The number of halogens is 3. The first-order valence-corrected chi connectivity index (χ1v) is 10.5. The molecule has 0 saturated carbocycles. The van der Waals surface area contributed by atoms with Crippen molar-refractivity contribution in [2.45, 2.75) is 38.6 Å². The molecule has 1 amide bonds. The fraction of sp³-hybridized carbons (Fsp3) is 0.316. The summed E-state index contributed by atoms with van der Waals surface area (Å²) in [6, 6.07) is 4.80. The molecule has 2 aromatic heterocycles. The van der Waals surface area contributed by atoms with Crippen LogP contribution in [0.3, 0.4) is 0 Å². The minimum Gasteiger partial charge on any atom is -0.325 e. The molecular formula is C19H18F3N3O2S2. The monoisotopic (exact) mass is 441 g/mol. The Kier molecular flexibility index (Phi) is 6.04. The maximum absolute atomic E-state index is 13.1. The number of rotatable bonds is 5. The van der Waals surface area contributed by atoms with E-state index in [4.69, 9.17) is 0 Å². The number of alkyl halides is 3. The van der Waals surface area contributed by atoms with Gasteiger partial charge in [0.1, 0.15) is 4.83 Å². The van der Waals surface area contributed by atoms with E-state index < -0.39 is 17.6 Å². The summed E-state index contributed by atoms with van der Waals surface area (Å²) in [6.45, 7) is 5.95. The van der Waals surface area contributed by atoms with Crippen molar-refractivity contribution in [3.8, 4) is 0 Å². The Bertz CT molecular complexity index is 1140. The summed E-state index contributed by atoms with van der Waals surface area (Å²) >= 11 is 2.43. The van der Waals surface area contributed by atoms with E-state index in [-0.39, 0.29) is 17.0 Å². The zero-order chi connectivity index (χ0) is 21.3. The molecule has 0 aliphatic rings. The number of carbonyl (C=O) groups is 1. The molecule has 0 aliphatic carbocycles. The number of aryl methyl sites for hydroxylation is 2. The minimum atomic E-state index is -4.57. The predicted octanol–water partition coefficient (Wildman–Crippen LogP) is 4.84. The third kappa shape index (κ3) is 4.32. The lowest BCUT2D eigenvalue weighted by Gasteiger charge is -2.14. The van der Waals surface area contributed by atoms with Crippen LogP contribution in [0.5, 0.6) is 0 Å². The summed E-state index contributed by atoms with van der Waals surface area (Å²) in [7, 11) is 0. The van der Waals surface area contributed by atoms with Gasteiger partial charge in [0.15, 0.2) is 5.16 Å². The van der Waals surface area contributed by atoms with E-state index in [1.807, 2.05) is 13.8 Å². The predicted molar refractivity (Wildman–Crippen MR) is 110 cm³/mol. The van der Waals surface area contributed by atoms with Crippen LogP contribution < -0.4 is 10.9 Å². The van der Waals surface area contributed by atoms with Gasteiger partial charge in [-0.25, -0.2) is 4.98 Å². The van der Waals surface area contributed by atoms with Crippen LogP contribution in [0, 0.1) is 13.8 Å². The Labute approximate surface area is 173 Å². The molecule has 0 saturated heterocycles. The van der Waals surface area contributed by atoms with Crippen LogP contribution in [0.4, 0.5) is 18.9 Å². The van der Waals surface area contributed by atoms with Crippen LogP contribution >= 0.6 is 23.1 Å². The summed E-state index contributed by atoms with van der Waals surface area (Å²) < 4.78 is 40.7. The van der Waals surface area contributed by atoms with Crippen LogP contribution in [0.15, 0.2) is 34.2 Å². The van der Waals surface area contributed by atoms with E-state index >= 15 is 0 Å². The number of benzene rings is 1. The number of para-hydroxylation sites is 1. The summed E-state index contributed by atoms with van der Waals surface area (Å²) in [6.07, 6.45) is -4.57. The van der Waals surface area contributed by atoms with Crippen LogP contribution in [0.2, 0.25) is 0 Å². The lowest BCUT2D eigenvalue weighted by Crippen LogP contribution is -2.23. The Balaban J connectivity index is 1.83. The molecule has 2 heterocycles. The lowest BCUT2D eigenvalue weighted by molar-refractivity contribution is -0.137. The van der Waals surface area contributed by atoms with Gasteiger partial charge in [-0.15, -0.1) is 11.3 Å². The van der Waals surface area contributed by atoms with E-state index in [2.05, 4.69) is 10.3 Å². The first-order chi connectivity index (χ1) is 13.6. The average molecular weight is 442 g/mol. The second-order valence-corrected chi connectivity index (χ2v) is 8.43. The van der Waals surface area contributed by atoms with Crippen molar-refractivity contribution in [1.29, 1.82) is 0 Å². The zero-order valence-electron chi connectivity index (χ0n) is 15.9. The molecule has 5 nitrogen and oxygen atoms in total. The van der Waals surface area contributed by atoms with Gasteiger partial charge in [-0.05, 0) is 38.5 Å². The number of aromatic nitrogens is 2. The van der Waals surface area contributed by atoms with Gasteiger partial charge in [-0.3, -0.25) is 14.2 Å². The number of hydrogen-bond acceptors (Lipinski definition) is 5. The minimum absolute atomic E-state index is 0.173. The number of thioether (sulfide) groups is 1. The van der Waals surface area contributed by atoms with Gasteiger partial charge >= 0.3 is 6.18 Å². The normalized spacial score (nSPS) is 11.8. The van der Waals surface area contributed by atoms with E-state index in [1.54, 1.807) is 6.92 Å². The molecule has 0 radical (unpaired) electrons. The first kappa shape index (κ1) is 21.4. The van der Waals surface area contributed by atoms with Crippen molar-refractivity contribution < 1.29 is 18.0 Å². The Morgan fingerprint density at radius 1 is 1.28 bits per heavy atom. The van der Waals surface area contributed by atoms with Crippen molar-refractivity contribution in [2.75, 3.05) is 11.1 Å². The molecule has 0 unspecified atom stereocenters. The number of amides is 1. The molecule has 0 bridgehead atoms. The number of anilines is 1. The largest absolute Gasteiger partial charge is 0.418 e. The first-order valence-electron chi connectivity index (χ1n) is 8.72. The molecule has 3 aromatic rings. The van der Waals surface area contributed by atoms with E-state index in [0.717, 1.165) is 28.3 Å². The molecule has 0 aliphatic heterocycles. The third-order valence-corrected chi connectivity index (χ3v) is 6.49. The van der Waals surface area contributed by atoms with Gasteiger partial charge in [0.05, 0.1) is 22.4 Å². The number of thiophene rings is 1. The Hall–Kier alpha value is -2.33. The third-order valence-electron chi connectivity index (χ3n) is 4.41. The van der Waals surface area contributed by atoms with Gasteiger partial charge in [-0.1, -0.05) is 23.9 Å². The van der Waals surface area contributed by atoms with E-state index in [0.29, 0.717) is 21.9 Å². The Morgan fingerprint density at radius 3 is 2.62 bits per heavy atom. The van der Waals surface area contributed by atoms with E-state index in [1.165, 1.54) is 34.1 Å². The molecule has 154 valence electrons. The second-order valence-electron chi connectivity index (χ2n) is 6.29. The fourth-order valence-corrected chi connectivity index (χ4v) is 4.79. The molecule has 0 fully saturated rings. The Morgan fingerprint density at radius 2 is 1.97 bits per heavy atom. The SMILES string of the molecule is CCn1c(SCC(=O)Nc2ccccc2C(F)(F)F)nc2sc(C)c(C)c2c1=O. The molecule has 3 rings (SSSR count). The molecule has 0 atom stereocenters. The van der Waals surface area contributed by atoms with Crippen LogP contribution in [-0.2, 0) is 17.5 Å². The summed E-state index contributed by atoms with van der Waals surface area (Å²) in [5, 5.41) is 3.24. The highest BCUT2D eigenvalue weighted by molar-refractivity contribution is 7.99. The molecular weight excluding hydrogens is 423 g/mol. The smallest absolute Gasteiger partial charge is 0.325 e. The highest BCUT2D eigenvalue weighted by Gasteiger charge is 2.33. The van der Waals surface area contributed by atoms with Gasteiger partial charge in [0.25, 0.3) is 5.56 Å². The molecule has 1 N–H and O–H groups in total.